The highest BCUT2D eigenvalue weighted by Gasteiger charge is 2.14. The van der Waals surface area contributed by atoms with E-state index in [-0.39, 0.29) is 0 Å². The maximum Gasteiger partial charge on any atom is 0.147 e. The molecule has 0 aliphatic carbocycles. The monoisotopic (exact) mass is 376 g/mol. The van der Waals surface area contributed by atoms with Crippen molar-refractivity contribution in [3.05, 3.63) is 54.4 Å². The van der Waals surface area contributed by atoms with Gasteiger partial charge in [0.05, 0.1) is 18.3 Å². The van der Waals surface area contributed by atoms with Crippen molar-refractivity contribution < 1.29 is 4.74 Å². The second-order valence-corrected chi connectivity index (χ2v) is 7.04. The molecule has 0 spiro atoms. The van der Waals surface area contributed by atoms with E-state index in [1.54, 1.807) is 18.1 Å². The van der Waals surface area contributed by atoms with Gasteiger partial charge < -0.3 is 14.6 Å². The fourth-order valence-corrected chi connectivity index (χ4v) is 3.55. The van der Waals surface area contributed by atoms with Crippen molar-refractivity contribution in [1.29, 1.82) is 0 Å². The molecule has 0 fully saturated rings. The lowest BCUT2D eigenvalue weighted by Gasteiger charge is -2.13. The lowest BCUT2D eigenvalue weighted by Crippen LogP contribution is -2.02. The number of nitrogens with zero attached hydrogens (tertiary/aromatic N) is 5. The molecule has 7 heteroatoms. The van der Waals surface area contributed by atoms with Crippen molar-refractivity contribution >= 4 is 22.4 Å². The van der Waals surface area contributed by atoms with Gasteiger partial charge in [-0.1, -0.05) is 6.07 Å². The van der Waals surface area contributed by atoms with Gasteiger partial charge in [0.15, 0.2) is 0 Å². The number of nitrogens with one attached hydrogen (secondary N) is 1. The summed E-state index contributed by atoms with van der Waals surface area (Å²) in [7, 11) is 1.65. The van der Waals surface area contributed by atoms with E-state index in [9.17, 15) is 0 Å². The van der Waals surface area contributed by atoms with Gasteiger partial charge in [-0.15, -0.1) is 0 Å². The Kier molecular flexibility index (Phi) is 4.50. The number of ether oxygens (including phenoxy) is 1. The van der Waals surface area contributed by atoms with E-state index in [1.165, 1.54) is 0 Å². The first-order valence-corrected chi connectivity index (χ1v) is 9.29. The predicted octanol–water partition coefficient (Wildman–Crippen LogP) is 4.57. The summed E-state index contributed by atoms with van der Waals surface area (Å²) in [5, 5.41) is 7.85. The number of para-hydroxylation sites is 1. The number of anilines is 2. The molecule has 0 atom stereocenters. The second-order valence-electron chi connectivity index (χ2n) is 7.04. The van der Waals surface area contributed by atoms with Gasteiger partial charge in [-0.05, 0) is 52.0 Å². The zero-order valence-electron chi connectivity index (χ0n) is 16.8. The molecule has 0 amide bonds. The van der Waals surface area contributed by atoms with E-state index in [4.69, 9.17) is 9.72 Å². The zero-order valence-corrected chi connectivity index (χ0v) is 16.8. The Morgan fingerprint density at radius 2 is 1.93 bits per heavy atom. The SMILES string of the molecule is COc1cc(Nc2cccc3c2nc(C)n3C(C)C)ccc1-n1cnc(C)n1. The molecule has 2 aromatic carbocycles. The predicted molar refractivity (Wildman–Crippen MR) is 111 cm³/mol. The van der Waals surface area contributed by atoms with Gasteiger partial charge >= 0.3 is 0 Å². The minimum absolute atomic E-state index is 0.353. The normalized spacial score (nSPS) is 11.4. The molecule has 0 saturated heterocycles. The van der Waals surface area contributed by atoms with Crippen molar-refractivity contribution in [2.75, 3.05) is 12.4 Å². The average Bonchev–Trinajstić information content (AvgIpc) is 3.24. The molecule has 0 radical (unpaired) electrons. The molecule has 4 aromatic rings. The minimum Gasteiger partial charge on any atom is -0.494 e. The van der Waals surface area contributed by atoms with E-state index < -0.39 is 0 Å². The zero-order chi connectivity index (χ0) is 19.8. The van der Waals surface area contributed by atoms with Crippen molar-refractivity contribution in [3.8, 4) is 11.4 Å². The number of hydrogen-bond donors (Lipinski definition) is 1. The molecule has 0 saturated carbocycles. The third-order valence-corrected chi connectivity index (χ3v) is 4.72. The number of imidazole rings is 1. The molecule has 144 valence electrons. The molecule has 28 heavy (non-hydrogen) atoms. The Morgan fingerprint density at radius 1 is 1.11 bits per heavy atom. The number of hydrogen-bond acceptors (Lipinski definition) is 5. The summed E-state index contributed by atoms with van der Waals surface area (Å²) in [4.78, 5) is 8.98. The average molecular weight is 376 g/mol. The molecule has 0 aliphatic heterocycles. The van der Waals surface area contributed by atoms with Gasteiger partial charge in [-0.3, -0.25) is 0 Å². The van der Waals surface area contributed by atoms with Crippen molar-refractivity contribution in [3.63, 3.8) is 0 Å². The maximum atomic E-state index is 5.58. The molecule has 4 rings (SSSR count). The van der Waals surface area contributed by atoms with Crippen LogP contribution in [0.25, 0.3) is 16.7 Å². The van der Waals surface area contributed by atoms with Crippen LogP contribution >= 0.6 is 0 Å². The fraction of sp³-hybridized carbons (Fsp3) is 0.286. The molecule has 1 N–H and O–H groups in total. The first-order chi connectivity index (χ1) is 13.5. The molecule has 0 bridgehead atoms. The molecule has 2 aromatic heterocycles. The number of rotatable bonds is 5. The molecule has 2 heterocycles. The number of fused-ring (bicyclic) bond motifs is 1. The standard InChI is InChI=1S/C21H24N6O/c1-13(2)27-15(4)23-21-17(7-6-8-19(21)27)24-16-9-10-18(20(11-16)28-5)26-12-22-14(3)25-26/h6-13,24H,1-5H3. The highest BCUT2D eigenvalue weighted by atomic mass is 16.5. The number of aryl methyl sites for hydroxylation is 2. The summed E-state index contributed by atoms with van der Waals surface area (Å²) in [5.74, 6) is 2.44. The van der Waals surface area contributed by atoms with Crippen LogP contribution < -0.4 is 10.1 Å². The Balaban J connectivity index is 1.73. The topological polar surface area (TPSA) is 69.8 Å². The van der Waals surface area contributed by atoms with Crippen LogP contribution in [0.3, 0.4) is 0 Å². The maximum absolute atomic E-state index is 5.58. The summed E-state index contributed by atoms with van der Waals surface area (Å²) in [6, 6.07) is 12.5. The molecule has 0 aliphatic rings. The van der Waals surface area contributed by atoms with E-state index in [0.717, 1.165) is 33.9 Å². The summed E-state index contributed by atoms with van der Waals surface area (Å²) < 4.78 is 9.54. The summed E-state index contributed by atoms with van der Waals surface area (Å²) in [5.41, 5.74) is 4.81. The van der Waals surface area contributed by atoms with Crippen LogP contribution in [-0.4, -0.2) is 31.4 Å². The van der Waals surface area contributed by atoms with Crippen LogP contribution in [0.5, 0.6) is 5.75 Å². The Hall–Kier alpha value is -3.35. The summed E-state index contributed by atoms with van der Waals surface area (Å²) in [6.45, 7) is 8.24. The highest BCUT2D eigenvalue weighted by Crippen LogP contribution is 2.31. The molecule has 7 nitrogen and oxygen atoms in total. The lowest BCUT2D eigenvalue weighted by molar-refractivity contribution is 0.412. The summed E-state index contributed by atoms with van der Waals surface area (Å²) in [6.07, 6.45) is 1.68. The summed E-state index contributed by atoms with van der Waals surface area (Å²) >= 11 is 0. The van der Waals surface area contributed by atoms with Crippen LogP contribution in [0, 0.1) is 13.8 Å². The van der Waals surface area contributed by atoms with Gasteiger partial charge in [0.1, 0.15) is 34.9 Å². The van der Waals surface area contributed by atoms with Gasteiger partial charge in [0, 0.05) is 17.8 Å². The minimum atomic E-state index is 0.353. The molecular weight excluding hydrogens is 352 g/mol. The van der Waals surface area contributed by atoms with Crippen LogP contribution in [0.4, 0.5) is 11.4 Å². The van der Waals surface area contributed by atoms with Gasteiger partial charge in [-0.2, -0.15) is 5.10 Å². The second kappa shape index (κ2) is 6.99. The Bertz CT molecular complexity index is 1140. The lowest BCUT2D eigenvalue weighted by atomic mass is 10.2. The molecule has 0 unspecified atom stereocenters. The van der Waals surface area contributed by atoms with Crippen molar-refractivity contribution in [2.45, 2.75) is 33.7 Å². The quantitative estimate of drug-likeness (QED) is 0.553. The third kappa shape index (κ3) is 3.09. The largest absolute Gasteiger partial charge is 0.494 e. The van der Waals surface area contributed by atoms with Crippen molar-refractivity contribution in [2.24, 2.45) is 0 Å². The van der Waals surface area contributed by atoms with Crippen molar-refractivity contribution in [1.82, 2.24) is 24.3 Å². The Morgan fingerprint density at radius 3 is 2.61 bits per heavy atom. The van der Waals surface area contributed by atoms with Gasteiger partial charge in [0.25, 0.3) is 0 Å². The molecular formula is C21H24N6O. The highest BCUT2D eigenvalue weighted by molar-refractivity contribution is 5.91. The van der Waals surface area contributed by atoms with Crippen LogP contribution in [0.1, 0.15) is 31.5 Å². The van der Waals surface area contributed by atoms with Gasteiger partial charge in [0.2, 0.25) is 0 Å². The van der Waals surface area contributed by atoms with Crippen LogP contribution in [-0.2, 0) is 0 Å². The third-order valence-electron chi connectivity index (χ3n) is 4.72. The first-order valence-electron chi connectivity index (χ1n) is 9.29. The van der Waals surface area contributed by atoms with E-state index in [2.05, 4.69) is 45.9 Å². The smallest absolute Gasteiger partial charge is 0.147 e. The first kappa shape index (κ1) is 18.0. The fourth-order valence-electron chi connectivity index (χ4n) is 3.55. The van der Waals surface area contributed by atoms with Crippen LogP contribution in [0.2, 0.25) is 0 Å². The van der Waals surface area contributed by atoms with E-state index >= 15 is 0 Å². The number of benzene rings is 2. The number of aromatic nitrogens is 5. The Labute approximate surface area is 164 Å². The van der Waals surface area contributed by atoms with Gasteiger partial charge in [-0.25, -0.2) is 14.6 Å². The van der Waals surface area contributed by atoms with Crippen LogP contribution in [0.15, 0.2) is 42.7 Å². The van der Waals surface area contributed by atoms with E-state index in [1.807, 2.05) is 38.1 Å². The van der Waals surface area contributed by atoms with E-state index in [0.29, 0.717) is 17.6 Å². The number of methoxy groups -OCH3 is 1.